The lowest BCUT2D eigenvalue weighted by atomic mass is 9.57. The van der Waals surface area contributed by atoms with Crippen LogP contribution in [0.3, 0.4) is 0 Å². The molecule has 2 aromatic carbocycles. The second kappa shape index (κ2) is 11.6. The van der Waals surface area contributed by atoms with Crippen LogP contribution < -0.4 is 10.5 Å². The van der Waals surface area contributed by atoms with Crippen molar-refractivity contribution < 1.29 is 39.9 Å². The van der Waals surface area contributed by atoms with E-state index >= 15 is 0 Å². The average molecular weight is 608 g/mol. The van der Waals surface area contributed by atoms with Crippen LogP contribution in [0.4, 0.5) is 0 Å². The van der Waals surface area contributed by atoms with E-state index in [1.54, 1.807) is 27.3 Å². The molecule has 0 spiro atoms. The molecule has 11 heteroatoms. The number of phenolic OH excluding ortho intramolecular Hbond substituents is 1. The maximum atomic E-state index is 14.1. The molecule has 0 aromatic heterocycles. The van der Waals surface area contributed by atoms with Crippen molar-refractivity contribution in [3.63, 3.8) is 0 Å². The van der Waals surface area contributed by atoms with Gasteiger partial charge in [-0.05, 0) is 80.8 Å². The molecule has 7 N–H and O–H groups in total. The molecule has 44 heavy (non-hydrogen) atoms. The minimum atomic E-state index is -2.62. The molecular formula is C33H41N3O8. The molecule has 0 saturated heterocycles. The summed E-state index contributed by atoms with van der Waals surface area (Å²) in [6.07, 6.45) is -1.69. The van der Waals surface area contributed by atoms with Gasteiger partial charge in [0, 0.05) is 23.6 Å². The van der Waals surface area contributed by atoms with Crippen molar-refractivity contribution in [2.24, 2.45) is 17.6 Å². The SMILES string of the molecule is CCN(CC)Cc1ccc(OC)c(-c2ccc(O)c3c2C[C@H]2C[C@H]4C(N(C)C)C(=O)C(C(N)O)=C(O)[C@@]4(O)C(=O)C2=C3O)c1. The van der Waals surface area contributed by atoms with Crippen molar-refractivity contribution in [1.29, 1.82) is 0 Å². The van der Waals surface area contributed by atoms with Crippen molar-refractivity contribution >= 4 is 17.3 Å². The van der Waals surface area contributed by atoms with Gasteiger partial charge < -0.3 is 36.0 Å². The fraction of sp³-hybridized carbons (Fsp3) is 0.455. The van der Waals surface area contributed by atoms with Crippen molar-refractivity contribution in [3.05, 3.63) is 63.9 Å². The number of aliphatic hydroxyl groups excluding tert-OH is 3. The molecule has 11 nitrogen and oxygen atoms in total. The third kappa shape index (κ3) is 4.70. The lowest BCUT2D eigenvalue weighted by Gasteiger charge is -2.50. The molecule has 2 aromatic rings. The van der Waals surface area contributed by atoms with E-state index in [0.29, 0.717) is 23.4 Å². The summed E-state index contributed by atoms with van der Waals surface area (Å²) in [5, 5.41) is 55.7. The number of rotatable bonds is 8. The largest absolute Gasteiger partial charge is 0.508 e. The lowest BCUT2D eigenvalue weighted by Crippen LogP contribution is -2.66. The molecule has 0 radical (unpaired) electrons. The number of methoxy groups -OCH3 is 1. The summed E-state index contributed by atoms with van der Waals surface area (Å²) in [5.74, 6) is -4.62. The number of Topliss-reactive ketones (excluding diaryl/α,β-unsaturated/α-hetero) is 2. The number of benzene rings is 2. The van der Waals surface area contributed by atoms with Crippen LogP contribution in [0, 0.1) is 11.8 Å². The molecule has 0 heterocycles. The monoisotopic (exact) mass is 607 g/mol. The molecule has 0 aliphatic heterocycles. The van der Waals surface area contributed by atoms with Gasteiger partial charge in [-0.25, -0.2) is 0 Å². The van der Waals surface area contributed by atoms with Crippen LogP contribution >= 0.6 is 0 Å². The topological polar surface area (TPSA) is 177 Å². The highest BCUT2D eigenvalue weighted by atomic mass is 16.5. The Morgan fingerprint density at radius 3 is 2.34 bits per heavy atom. The van der Waals surface area contributed by atoms with Gasteiger partial charge in [-0.2, -0.15) is 0 Å². The van der Waals surface area contributed by atoms with E-state index in [4.69, 9.17) is 10.5 Å². The summed E-state index contributed by atoms with van der Waals surface area (Å²) >= 11 is 0. The molecule has 5 atom stereocenters. The van der Waals surface area contributed by atoms with Crippen LogP contribution in [0.15, 0.2) is 47.2 Å². The maximum Gasteiger partial charge on any atom is 0.202 e. The molecule has 0 bridgehead atoms. The Kier molecular flexibility index (Phi) is 8.38. The van der Waals surface area contributed by atoms with Crippen molar-refractivity contribution in [2.75, 3.05) is 34.3 Å². The molecule has 1 fully saturated rings. The number of phenols is 1. The summed E-state index contributed by atoms with van der Waals surface area (Å²) in [5.41, 5.74) is 5.33. The van der Waals surface area contributed by atoms with Crippen LogP contribution in [-0.2, 0) is 22.6 Å². The number of aliphatic hydroxyl groups is 4. The maximum absolute atomic E-state index is 14.1. The number of likely N-dealkylation sites (N-methyl/N-ethyl adjacent to an activating group) is 1. The van der Waals surface area contributed by atoms with Gasteiger partial charge in [-0.1, -0.05) is 26.0 Å². The summed E-state index contributed by atoms with van der Waals surface area (Å²) in [6.45, 7) is 6.67. The van der Waals surface area contributed by atoms with E-state index in [0.717, 1.165) is 24.2 Å². The third-order valence-electron chi connectivity index (χ3n) is 9.55. The Bertz CT molecular complexity index is 1570. The first-order valence-electron chi connectivity index (χ1n) is 14.8. The van der Waals surface area contributed by atoms with Gasteiger partial charge in [0.1, 0.15) is 29.2 Å². The Labute approximate surface area is 256 Å². The number of carbonyl (C=O) groups excluding carboxylic acids is 2. The number of ether oxygens (including phenoxy) is 1. The Morgan fingerprint density at radius 1 is 1.07 bits per heavy atom. The van der Waals surface area contributed by atoms with Crippen molar-refractivity contribution in [2.45, 2.75) is 51.1 Å². The van der Waals surface area contributed by atoms with Crippen molar-refractivity contribution in [1.82, 2.24) is 9.80 Å². The van der Waals surface area contributed by atoms with Gasteiger partial charge in [-0.3, -0.25) is 19.4 Å². The first-order valence-corrected chi connectivity index (χ1v) is 14.8. The van der Waals surface area contributed by atoms with Gasteiger partial charge in [0.15, 0.2) is 11.4 Å². The van der Waals surface area contributed by atoms with E-state index in [1.807, 2.05) is 18.2 Å². The lowest BCUT2D eigenvalue weighted by molar-refractivity contribution is -0.154. The molecule has 3 aliphatic rings. The van der Waals surface area contributed by atoms with E-state index in [9.17, 15) is 35.1 Å². The number of aromatic hydroxyl groups is 1. The first kappa shape index (κ1) is 31.7. The Hall–Kier alpha value is -3.74. The summed E-state index contributed by atoms with van der Waals surface area (Å²) in [7, 11) is 4.77. The molecule has 236 valence electrons. The highest BCUT2D eigenvalue weighted by Gasteiger charge is 2.64. The summed E-state index contributed by atoms with van der Waals surface area (Å²) in [4.78, 5) is 31.4. The van der Waals surface area contributed by atoms with Crippen LogP contribution in [0.2, 0.25) is 0 Å². The fourth-order valence-corrected chi connectivity index (χ4v) is 7.34. The van der Waals surface area contributed by atoms with Crippen LogP contribution in [-0.4, -0.2) is 99.1 Å². The van der Waals surface area contributed by atoms with E-state index in [-0.39, 0.29) is 29.7 Å². The minimum absolute atomic E-state index is 0.0435. The average Bonchev–Trinajstić information content (AvgIpc) is 2.97. The predicted molar refractivity (Wildman–Crippen MR) is 164 cm³/mol. The van der Waals surface area contributed by atoms with Crippen LogP contribution in [0.1, 0.15) is 37.0 Å². The predicted octanol–water partition coefficient (Wildman–Crippen LogP) is 2.27. The van der Waals surface area contributed by atoms with Crippen LogP contribution in [0.5, 0.6) is 11.5 Å². The standard InChI is InChI=1S/C33H41N3O8/c1-6-36(7-2)15-16-8-11-23(44-5)19(12-16)18-9-10-22(37)25-20(18)13-17-14-21-27(35(3)4)29(39)26(32(34)42)31(41)33(21,43)30(40)24(17)28(25)38/h8-12,17,21,27,32,37-38,41-43H,6-7,13-15,34H2,1-5H3/t17-,21-,27?,32?,33-/m0/s1. The Balaban J connectivity index is 1.70. The molecule has 1 saturated carbocycles. The summed E-state index contributed by atoms with van der Waals surface area (Å²) in [6, 6.07) is 8.01. The minimum Gasteiger partial charge on any atom is -0.508 e. The van der Waals surface area contributed by atoms with Gasteiger partial charge in [-0.15, -0.1) is 0 Å². The van der Waals surface area contributed by atoms with Gasteiger partial charge in [0.2, 0.25) is 5.78 Å². The zero-order chi connectivity index (χ0) is 32.2. The third-order valence-corrected chi connectivity index (χ3v) is 9.55. The normalized spacial score (nSPS) is 25.7. The van der Waals surface area contributed by atoms with Gasteiger partial charge >= 0.3 is 0 Å². The van der Waals surface area contributed by atoms with Gasteiger partial charge in [0.25, 0.3) is 0 Å². The number of fused-ring (bicyclic) bond motifs is 3. The van der Waals surface area contributed by atoms with Gasteiger partial charge in [0.05, 0.1) is 24.3 Å². The quantitative estimate of drug-likeness (QED) is 0.243. The molecule has 2 unspecified atom stereocenters. The first-order chi connectivity index (χ1) is 20.8. The number of hydrogen-bond acceptors (Lipinski definition) is 11. The number of hydrogen-bond donors (Lipinski definition) is 6. The van der Waals surface area contributed by atoms with Crippen LogP contribution in [0.25, 0.3) is 16.9 Å². The fourth-order valence-electron chi connectivity index (χ4n) is 7.34. The zero-order valence-corrected chi connectivity index (χ0v) is 25.7. The summed E-state index contributed by atoms with van der Waals surface area (Å²) < 4.78 is 5.72. The molecule has 3 aliphatic carbocycles. The number of ketones is 2. The second-order valence-corrected chi connectivity index (χ2v) is 12.1. The number of nitrogens with zero attached hydrogens (tertiary/aromatic N) is 2. The second-order valence-electron chi connectivity index (χ2n) is 12.1. The van der Waals surface area contributed by atoms with E-state index in [2.05, 4.69) is 18.7 Å². The highest BCUT2D eigenvalue weighted by Crippen LogP contribution is 2.54. The molecule has 5 rings (SSSR count). The number of nitrogens with two attached hydrogens (primary N) is 1. The molecule has 0 amide bonds. The van der Waals surface area contributed by atoms with Crippen molar-refractivity contribution in [3.8, 4) is 22.6 Å². The smallest absolute Gasteiger partial charge is 0.202 e. The number of carbonyl (C=O) groups is 2. The molecular weight excluding hydrogens is 566 g/mol. The highest BCUT2D eigenvalue weighted by molar-refractivity contribution is 6.14. The Morgan fingerprint density at radius 2 is 1.75 bits per heavy atom. The van der Waals surface area contributed by atoms with E-state index < -0.39 is 58.4 Å². The zero-order valence-electron chi connectivity index (χ0n) is 25.7. The van der Waals surface area contributed by atoms with E-state index in [1.165, 1.54) is 11.0 Å².